The molecule has 1 heterocycles. The summed E-state index contributed by atoms with van der Waals surface area (Å²) in [5, 5.41) is 11.5. The lowest BCUT2D eigenvalue weighted by Crippen LogP contribution is -2.30. The third kappa shape index (κ3) is 4.37. The summed E-state index contributed by atoms with van der Waals surface area (Å²) in [5.74, 6) is -0.399. The highest BCUT2D eigenvalue weighted by Gasteiger charge is 2.32. The number of rotatable bonds is 7. The number of carbonyl (C=O) groups excluding carboxylic acids is 2. The van der Waals surface area contributed by atoms with Gasteiger partial charge in [-0.05, 0) is 48.4 Å². The molecular formula is C21H20N2O6. The van der Waals surface area contributed by atoms with E-state index < -0.39 is 12.0 Å². The molecule has 1 saturated heterocycles. The molecule has 2 aromatic carbocycles. The highest BCUT2D eigenvalue weighted by atomic mass is 16.5. The molecule has 1 fully saturated rings. The molecule has 3 rings (SSSR count). The van der Waals surface area contributed by atoms with Crippen LogP contribution in [0.4, 0.5) is 4.79 Å². The first-order chi connectivity index (χ1) is 13.9. The van der Waals surface area contributed by atoms with Gasteiger partial charge in [0.05, 0.1) is 12.7 Å². The van der Waals surface area contributed by atoms with Crippen LogP contribution < -0.4 is 14.8 Å². The molecule has 2 N–H and O–H groups in total. The third-order valence-corrected chi connectivity index (χ3v) is 4.37. The van der Waals surface area contributed by atoms with Crippen molar-refractivity contribution in [3.63, 3.8) is 0 Å². The Morgan fingerprint density at radius 3 is 2.45 bits per heavy atom. The lowest BCUT2D eigenvalue weighted by Gasteiger charge is -2.12. The smallest absolute Gasteiger partial charge is 0.335 e. The molecule has 3 amide bonds. The van der Waals surface area contributed by atoms with Crippen molar-refractivity contribution in [3.8, 4) is 11.5 Å². The fraction of sp³-hybridized carbons (Fsp3) is 0.190. The van der Waals surface area contributed by atoms with E-state index in [1.807, 2.05) is 0 Å². The third-order valence-electron chi connectivity index (χ3n) is 4.37. The number of urea groups is 1. The molecule has 0 spiro atoms. The Hall–Kier alpha value is -3.81. The molecule has 0 aliphatic carbocycles. The number of ether oxygens (including phenoxy) is 2. The van der Waals surface area contributed by atoms with Crippen LogP contribution in [0.25, 0.3) is 6.08 Å². The Morgan fingerprint density at radius 1 is 1.14 bits per heavy atom. The Kier molecular flexibility index (Phi) is 5.82. The Balaban J connectivity index is 1.74. The zero-order chi connectivity index (χ0) is 21.0. The molecular weight excluding hydrogens is 376 g/mol. The normalized spacial score (nSPS) is 14.8. The van der Waals surface area contributed by atoms with Crippen molar-refractivity contribution >= 4 is 24.0 Å². The molecule has 29 heavy (non-hydrogen) atoms. The van der Waals surface area contributed by atoms with Crippen molar-refractivity contribution in [1.29, 1.82) is 0 Å². The average Bonchev–Trinajstić information content (AvgIpc) is 2.99. The topological polar surface area (TPSA) is 105 Å². The minimum atomic E-state index is -0.983. The molecule has 1 aliphatic heterocycles. The van der Waals surface area contributed by atoms with Crippen LogP contribution in [0.15, 0.2) is 48.2 Å². The number of imide groups is 1. The van der Waals surface area contributed by atoms with E-state index in [0.29, 0.717) is 23.6 Å². The number of carboxylic acids is 1. The number of likely N-dealkylation sites (N-methyl/N-ethyl adjacent to an activating group) is 1. The van der Waals surface area contributed by atoms with Gasteiger partial charge in [0.2, 0.25) is 0 Å². The van der Waals surface area contributed by atoms with Crippen LogP contribution in [-0.4, -0.2) is 41.6 Å². The predicted octanol–water partition coefficient (Wildman–Crippen LogP) is 2.89. The van der Waals surface area contributed by atoms with Gasteiger partial charge in [-0.3, -0.25) is 9.69 Å². The SMILES string of the molecule is CCN1C(=O)N/C(=C/c2ccc(OCc3ccc(C(=O)O)cc3)c(OC)c2)C1=O. The molecule has 0 atom stereocenters. The molecule has 2 aromatic rings. The quantitative estimate of drug-likeness (QED) is 0.551. The van der Waals surface area contributed by atoms with Crippen molar-refractivity contribution < 1.29 is 29.0 Å². The van der Waals surface area contributed by atoms with Gasteiger partial charge in [-0.1, -0.05) is 18.2 Å². The number of benzene rings is 2. The number of nitrogens with zero attached hydrogens (tertiary/aromatic N) is 1. The van der Waals surface area contributed by atoms with E-state index in [1.165, 1.54) is 19.2 Å². The molecule has 1 aliphatic rings. The van der Waals surface area contributed by atoms with Crippen LogP contribution in [0.3, 0.4) is 0 Å². The zero-order valence-corrected chi connectivity index (χ0v) is 16.0. The lowest BCUT2D eigenvalue weighted by atomic mass is 10.1. The van der Waals surface area contributed by atoms with Crippen molar-refractivity contribution in [2.45, 2.75) is 13.5 Å². The van der Waals surface area contributed by atoms with Crippen LogP contribution in [0, 0.1) is 0 Å². The Bertz CT molecular complexity index is 981. The number of hydrogen-bond acceptors (Lipinski definition) is 5. The van der Waals surface area contributed by atoms with Gasteiger partial charge >= 0.3 is 12.0 Å². The van der Waals surface area contributed by atoms with E-state index in [-0.39, 0.29) is 23.8 Å². The number of carbonyl (C=O) groups is 3. The molecule has 0 bridgehead atoms. The van der Waals surface area contributed by atoms with Crippen molar-refractivity contribution in [2.24, 2.45) is 0 Å². The second kappa shape index (κ2) is 8.47. The van der Waals surface area contributed by atoms with Crippen molar-refractivity contribution in [1.82, 2.24) is 10.2 Å². The van der Waals surface area contributed by atoms with Gasteiger partial charge in [-0.25, -0.2) is 9.59 Å². The Labute approximate surface area is 167 Å². The molecule has 0 unspecified atom stereocenters. The van der Waals surface area contributed by atoms with E-state index in [2.05, 4.69) is 5.32 Å². The molecule has 0 aromatic heterocycles. The fourth-order valence-electron chi connectivity index (χ4n) is 2.82. The van der Waals surface area contributed by atoms with Crippen molar-refractivity contribution in [3.05, 3.63) is 64.9 Å². The number of amides is 3. The highest BCUT2D eigenvalue weighted by Crippen LogP contribution is 2.30. The van der Waals surface area contributed by atoms with Gasteiger partial charge in [0, 0.05) is 6.54 Å². The van der Waals surface area contributed by atoms with E-state index in [0.717, 1.165) is 10.5 Å². The summed E-state index contributed by atoms with van der Waals surface area (Å²) in [6, 6.07) is 11.1. The monoisotopic (exact) mass is 396 g/mol. The maximum Gasteiger partial charge on any atom is 0.335 e. The highest BCUT2D eigenvalue weighted by molar-refractivity contribution is 6.13. The number of nitrogens with one attached hydrogen (secondary N) is 1. The van der Waals surface area contributed by atoms with E-state index in [9.17, 15) is 14.4 Å². The second-order valence-electron chi connectivity index (χ2n) is 6.24. The van der Waals surface area contributed by atoms with Crippen LogP contribution in [-0.2, 0) is 11.4 Å². The van der Waals surface area contributed by atoms with Gasteiger partial charge in [0.15, 0.2) is 11.5 Å². The second-order valence-corrected chi connectivity index (χ2v) is 6.24. The summed E-state index contributed by atoms with van der Waals surface area (Å²) in [6.07, 6.45) is 1.58. The number of aromatic carboxylic acids is 1. The molecule has 150 valence electrons. The molecule has 8 heteroatoms. The van der Waals surface area contributed by atoms with E-state index in [1.54, 1.807) is 43.3 Å². The van der Waals surface area contributed by atoms with Crippen molar-refractivity contribution in [2.75, 3.05) is 13.7 Å². The molecule has 0 radical (unpaired) electrons. The van der Waals surface area contributed by atoms with Crippen LogP contribution in [0.2, 0.25) is 0 Å². The first kappa shape index (κ1) is 19.9. The first-order valence-electron chi connectivity index (χ1n) is 8.90. The summed E-state index contributed by atoms with van der Waals surface area (Å²) < 4.78 is 11.1. The van der Waals surface area contributed by atoms with Gasteiger partial charge < -0.3 is 19.9 Å². The number of hydrogen-bond donors (Lipinski definition) is 2. The summed E-state index contributed by atoms with van der Waals surface area (Å²) >= 11 is 0. The fourth-order valence-corrected chi connectivity index (χ4v) is 2.82. The largest absolute Gasteiger partial charge is 0.493 e. The summed E-state index contributed by atoms with van der Waals surface area (Å²) in [7, 11) is 1.50. The minimum Gasteiger partial charge on any atom is -0.493 e. The Morgan fingerprint density at radius 2 is 1.86 bits per heavy atom. The summed E-state index contributed by atoms with van der Waals surface area (Å²) in [5.41, 5.74) is 1.88. The van der Waals surface area contributed by atoms with Crippen LogP contribution in [0.5, 0.6) is 11.5 Å². The van der Waals surface area contributed by atoms with E-state index in [4.69, 9.17) is 14.6 Å². The zero-order valence-electron chi connectivity index (χ0n) is 16.0. The summed E-state index contributed by atoms with van der Waals surface area (Å²) in [6.45, 7) is 2.26. The number of carboxylic acid groups (broad SMARTS) is 1. The minimum absolute atomic E-state index is 0.200. The lowest BCUT2D eigenvalue weighted by molar-refractivity contribution is -0.122. The van der Waals surface area contributed by atoms with E-state index >= 15 is 0 Å². The van der Waals surface area contributed by atoms with Crippen LogP contribution >= 0.6 is 0 Å². The average molecular weight is 396 g/mol. The van der Waals surface area contributed by atoms with Gasteiger partial charge in [0.25, 0.3) is 5.91 Å². The standard InChI is InChI=1S/C21H20N2O6/c1-3-23-19(24)16(22-21(23)27)10-14-6-9-17(18(11-14)28-2)29-12-13-4-7-15(8-5-13)20(25)26/h4-11H,3,12H2,1-2H3,(H,22,27)(H,25,26)/b16-10+. The summed E-state index contributed by atoms with van der Waals surface area (Å²) in [4.78, 5) is 36.0. The van der Waals surface area contributed by atoms with Crippen LogP contribution in [0.1, 0.15) is 28.4 Å². The first-order valence-corrected chi connectivity index (χ1v) is 8.90. The number of methoxy groups -OCH3 is 1. The van der Waals surface area contributed by atoms with Gasteiger partial charge in [0.1, 0.15) is 12.3 Å². The maximum atomic E-state index is 12.2. The van der Waals surface area contributed by atoms with Gasteiger partial charge in [-0.2, -0.15) is 0 Å². The predicted molar refractivity (Wildman–Crippen MR) is 105 cm³/mol. The molecule has 8 nitrogen and oxygen atoms in total. The molecule has 0 saturated carbocycles. The maximum absolute atomic E-state index is 12.2. The van der Waals surface area contributed by atoms with Gasteiger partial charge in [-0.15, -0.1) is 0 Å².